The highest BCUT2D eigenvalue weighted by molar-refractivity contribution is 7.84. The number of hydrogen-bond acceptors (Lipinski definition) is 3. The molecule has 1 aromatic carbocycles. The molecule has 2 atom stereocenters. The lowest BCUT2D eigenvalue weighted by Gasteiger charge is -2.16. The molecule has 2 amide bonds. The maximum atomic E-state index is 13.3. The molecule has 112 valence electrons. The maximum absolute atomic E-state index is 13.3. The predicted molar refractivity (Wildman–Crippen MR) is 76.8 cm³/mol. The molecule has 1 aromatic rings. The predicted octanol–water partition coefficient (Wildman–Crippen LogP) is 1.27. The number of carbonyl (C=O) groups excluding carboxylic acids is 1. The molecule has 7 heteroatoms. The zero-order chi connectivity index (χ0) is 15.0. The number of amides is 2. The molecule has 0 heterocycles. The lowest BCUT2D eigenvalue weighted by Crippen LogP contribution is -2.41. The van der Waals surface area contributed by atoms with Crippen molar-refractivity contribution in [2.75, 3.05) is 25.1 Å². The summed E-state index contributed by atoms with van der Waals surface area (Å²) in [5.41, 5.74) is 0. The average Bonchev–Trinajstić information content (AvgIpc) is 2.39. The van der Waals surface area contributed by atoms with Crippen molar-refractivity contribution < 1.29 is 18.1 Å². The summed E-state index contributed by atoms with van der Waals surface area (Å²) in [6.45, 7) is 2.32. The Bertz CT molecular complexity index is 471. The van der Waals surface area contributed by atoms with Crippen molar-refractivity contribution in [2.45, 2.75) is 13.0 Å². The molecule has 0 aliphatic heterocycles. The van der Waals surface area contributed by atoms with Crippen LogP contribution in [0.15, 0.2) is 24.3 Å². The molecule has 0 aliphatic rings. The molecule has 0 spiro atoms. The SMILES string of the molecule is CC(CNC(=O)NCCS(C)=O)Oc1ccccc1F. The lowest BCUT2D eigenvalue weighted by molar-refractivity contribution is 0.201. The second-order valence-electron chi connectivity index (χ2n) is 4.27. The summed E-state index contributed by atoms with van der Waals surface area (Å²) in [5, 5.41) is 5.17. The summed E-state index contributed by atoms with van der Waals surface area (Å²) < 4.78 is 29.5. The van der Waals surface area contributed by atoms with Crippen molar-refractivity contribution in [1.82, 2.24) is 10.6 Å². The molecule has 2 unspecified atom stereocenters. The molecule has 0 bridgehead atoms. The summed E-state index contributed by atoms with van der Waals surface area (Å²) >= 11 is 0. The minimum Gasteiger partial charge on any atom is -0.486 e. The van der Waals surface area contributed by atoms with Gasteiger partial charge in [-0.1, -0.05) is 12.1 Å². The summed E-state index contributed by atoms with van der Waals surface area (Å²) in [7, 11) is -0.933. The van der Waals surface area contributed by atoms with Crippen molar-refractivity contribution >= 4 is 16.8 Å². The number of hydrogen-bond donors (Lipinski definition) is 2. The van der Waals surface area contributed by atoms with Gasteiger partial charge in [0.05, 0.1) is 6.54 Å². The number of urea groups is 1. The number of carbonyl (C=O) groups is 1. The van der Waals surface area contributed by atoms with Gasteiger partial charge < -0.3 is 15.4 Å². The Labute approximate surface area is 120 Å². The quantitative estimate of drug-likeness (QED) is 0.797. The lowest BCUT2D eigenvalue weighted by atomic mass is 10.3. The molecule has 2 N–H and O–H groups in total. The molecule has 0 aromatic heterocycles. The minimum absolute atomic E-state index is 0.156. The van der Waals surface area contributed by atoms with Crippen molar-refractivity contribution in [3.05, 3.63) is 30.1 Å². The van der Waals surface area contributed by atoms with Gasteiger partial charge in [-0.3, -0.25) is 4.21 Å². The summed E-state index contributed by atoms with van der Waals surface area (Å²) in [4.78, 5) is 11.4. The summed E-state index contributed by atoms with van der Waals surface area (Å²) in [5.74, 6) is 0.132. The first-order chi connectivity index (χ1) is 9.49. The molecule has 0 saturated carbocycles. The van der Waals surface area contributed by atoms with Gasteiger partial charge in [-0.05, 0) is 19.1 Å². The van der Waals surface area contributed by atoms with Crippen LogP contribution in [0.3, 0.4) is 0 Å². The fraction of sp³-hybridized carbons (Fsp3) is 0.462. The molecular weight excluding hydrogens is 283 g/mol. The third-order valence-corrected chi connectivity index (χ3v) is 3.17. The van der Waals surface area contributed by atoms with Crippen molar-refractivity contribution in [2.24, 2.45) is 0 Å². The van der Waals surface area contributed by atoms with Crippen LogP contribution in [0.25, 0.3) is 0 Å². The van der Waals surface area contributed by atoms with E-state index in [-0.39, 0.29) is 24.4 Å². The van der Waals surface area contributed by atoms with Crippen LogP contribution < -0.4 is 15.4 Å². The first kappa shape index (κ1) is 16.4. The number of nitrogens with one attached hydrogen (secondary N) is 2. The van der Waals surface area contributed by atoms with Gasteiger partial charge in [0.1, 0.15) is 6.10 Å². The van der Waals surface area contributed by atoms with Crippen LogP contribution >= 0.6 is 0 Å². The maximum Gasteiger partial charge on any atom is 0.314 e. The molecule has 5 nitrogen and oxygen atoms in total. The Balaban J connectivity index is 2.26. The molecular formula is C13H19FN2O3S. The topological polar surface area (TPSA) is 67.4 Å². The number of benzene rings is 1. The van der Waals surface area contributed by atoms with Gasteiger partial charge in [0.2, 0.25) is 0 Å². The van der Waals surface area contributed by atoms with Crippen molar-refractivity contribution in [3.63, 3.8) is 0 Å². The van der Waals surface area contributed by atoms with Crippen molar-refractivity contribution in [1.29, 1.82) is 0 Å². The monoisotopic (exact) mass is 302 g/mol. The largest absolute Gasteiger partial charge is 0.486 e. The van der Waals surface area contributed by atoms with Gasteiger partial charge in [0, 0.05) is 29.4 Å². The van der Waals surface area contributed by atoms with E-state index in [1.54, 1.807) is 25.3 Å². The van der Waals surface area contributed by atoms with E-state index in [2.05, 4.69) is 10.6 Å². The highest BCUT2D eigenvalue weighted by atomic mass is 32.2. The second kappa shape index (κ2) is 8.52. The third kappa shape index (κ3) is 6.51. The first-order valence-electron chi connectivity index (χ1n) is 6.22. The number of ether oxygens (including phenoxy) is 1. The highest BCUT2D eigenvalue weighted by Gasteiger charge is 2.09. The third-order valence-electron chi connectivity index (χ3n) is 2.39. The fourth-order valence-corrected chi connectivity index (χ4v) is 1.80. The second-order valence-corrected chi connectivity index (χ2v) is 5.83. The van der Waals surface area contributed by atoms with Gasteiger partial charge >= 0.3 is 6.03 Å². The zero-order valence-electron chi connectivity index (χ0n) is 11.5. The van der Waals surface area contributed by atoms with Crippen LogP contribution in [-0.4, -0.2) is 41.4 Å². The zero-order valence-corrected chi connectivity index (χ0v) is 12.3. The molecule has 20 heavy (non-hydrogen) atoms. The van der Waals surface area contributed by atoms with Gasteiger partial charge in [0.25, 0.3) is 0 Å². The van der Waals surface area contributed by atoms with Crippen LogP contribution in [0.1, 0.15) is 6.92 Å². The Morgan fingerprint density at radius 3 is 2.75 bits per heavy atom. The standard InChI is InChI=1S/C13H19FN2O3S/c1-10(19-12-6-4-3-5-11(12)14)9-16-13(17)15-7-8-20(2)18/h3-6,10H,7-9H2,1-2H3,(H2,15,16,17). The van der Waals surface area contributed by atoms with Crippen molar-refractivity contribution in [3.8, 4) is 5.75 Å². The Morgan fingerprint density at radius 2 is 2.10 bits per heavy atom. The van der Waals surface area contributed by atoms with E-state index < -0.39 is 16.6 Å². The Kier molecular flexibility index (Phi) is 7.00. The van der Waals surface area contributed by atoms with Crippen LogP contribution in [0.4, 0.5) is 9.18 Å². The smallest absolute Gasteiger partial charge is 0.314 e. The first-order valence-corrected chi connectivity index (χ1v) is 7.94. The van der Waals surface area contributed by atoms with E-state index in [0.29, 0.717) is 12.3 Å². The van der Waals surface area contributed by atoms with E-state index in [1.165, 1.54) is 12.1 Å². The van der Waals surface area contributed by atoms with Crippen LogP contribution in [0.2, 0.25) is 0 Å². The molecule has 0 aliphatic carbocycles. The summed E-state index contributed by atoms with van der Waals surface area (Å²) in [6, 6.07) is 5.74. The van der Waals surface area contributed by atoms with E-state index in [9.17, 15) is 13.4 Å². The fourth-order valence-electron chi connectivity index (χ4n) is 1.41. The van der Waals surface area contributed by atoms with E-state index in [1.807, 2.05) is 0 Å². The van der Waals surface area contributed by atoms with E-state index in [4.69, 9.17) is 4.74 Å². The highest BCUT2D eigenvalue weighted by Crippen LogP contribution is 2.16. The molecule has 1 rings (SSSR count). The Hall–Kier alpha value is -1.63. The summed E-state index contributed by atoms with van der Waals surface area (Å²) in [6.07, 6.45) is 1.21. The number of rotatable bonds is 7. The van der Waals surface area contributed by atoms with E-state index >= 15 is 0 Å². The minimum atomic E-state index is -0.933. The van der Waals surface area contributed by atoms with Gasteiger partial charge in [0.15, 0.2) is 11.6 Å². The van der Waals surface area contributed by atoms with Gasteiger partial charge in [-0.15, -0.1) is 0 Å². The number of halogens is 1. The van der Waals surface area contributed by atoms with Crippen LogP contribution in [0.5, 0.6) is 5.75 Å². The van der Waals surface area contributed by atoms with Crippen LogP contribution in [0, 0.1) is 5.82 Å². The molecule has 0 radical (unpaired) electrons. The van der Waals surface area contributed by atoms with Crippen LogP contribution in [-0.2, 0) is 10.8 Å². The van der Waals surface area contributed by atoms with Gasteiger partial charge in [-0.2, -0.15) is 0 Å². The number of para-hydroxylation sites is 1. The molecule has 0 saturated heterocycles. The van der Waals surface area contributed by atoms with E-state index in [0.717, 1.165) is 0 Å². The Morgan fingerprint density at radius 1 is 1.40 bits per heavy atom. The molecule has 0 fully saturated rings. The average molecular weight is 302 g/mol. The normalized spacial score (nSPS) is 13.3. The van der Waals surface area contributed by atoms with Gasteiger partial charge in [-0.25, -0.2) is 9.18 Å².